The normalized spacial score (nSPS) is 15.4. The van der Waals surface area contributed by atoms with E-state index in [9.17, 15) is 9.59 Å². The first-order valence-electron chi connectivity index (χ1n) is 10.4. The maximum absolute atomic E-state index is 12.8. The van der Waals surface area contributed by atoms with Gasteiger partial charge in [0.2, 0.25) is 17.6 Å². The number of carbonyl (C=O) groups excluding carboxylic acids is 2. The van der Waals surface area contributed by atoms with E-state index in [0.29, 0.717) is 41.3 Å². The molecule has 1 unspecified atom stereocenters. The first-order chi connectivity index (χ1) is 14.9. The van der Waals surface area contributed by atoms with Crippen molar-refractivity contribution in [2.24, 2.45) is 5.92 Å². The predicted octanol–water partition coefficient (Wildman–Crippen LogP) is 3.79. The Morgan fingerprint density at radius 1 is 1.10 bits per heavy atom. The highest BCUT2D eigenvalue weighted by molar-refractivity contribution is 5.99. The third-order valence-electron chi connectivity index (χ3n) is 5.79. The van der Waals surface area contributed by atoms with E-state index in [1.54, 1.807) is 21.3 Å². The third kappa shape index (κ3) is 4.62. The number of nitrogens with zero attached hydrogens (tertiary/aromatic N) is 2. The zero-order chi connectivity index (χ0) is 22.5. The van der Waals surface area contributed by atoms with E-state index in [1.165, 1.54) is 6.20 Å². The van der Waals surface area contributed by atoms with Gasteiger partial charge in [-0.05, 0) is 42.9 Å². The van der Waals surface area contributed by atoms with Crippen LogP contribution in [0.5, 0.6) is 17.2 Å². The summed E-state index contributed by atoms with van der Waals surface area (Å²) < 4.78 is 16.3. The molecule has 1 aliphatic rings. The molecule has 8 nitrogen and oxygen atoms in total. The number of fused-ring (bicyclic) bond motifs is 1. The van der Waals surface area contributed by atoms with Gasteiger partial charge in [-0.15, -0.1) is 0 Å². The van der Waals surface area contributed by atoms with Gasteiger partial charge in [0.25, 0.3) is 0 Å². The molecule has 31 heavy (non-hydrogen) atoms. The Labute approximate surface area is 182 Å². The molecule has 2 aromatic rings. The van der Waals surface area contributed by atoms with Crippen LogP contribution in [0, 0.1) is 5.92 Å². The molecule has 0 saturated carbocycles. The SMILES string of the molecule is CCC(CC)C(=O)Nc1ncc2c(n1)CC(c1cc(OC)c(OC)c(OC)c1)CC2=O. The topological polar surface area (TPSA) is 99.6 Å². The molecule has 1 N–H and O–H groups in total. The highest BCUT2D eigenvalue weighted by atomic mass is 16.5. The van der Waals surface area contributed by atoms with Gasteiger partial charge in [0.05, 0.1) is 32.6 Å². The lowest BCUT2D eigenvalue weighted by atomic mass is 9.82. The van der Waals surface area contributed by atoms with Gasteiger partial charge in [-0.2, -0.15) is 0 Å². The molecule has 1 aromatic heterocycles. The van der Waals surface area contributed by atoms with Crippen molar-refractivity contribution in [1.29, 1.82) is 0 Å². The van der Waals surface area contributed by atoms with Crippen LogP contribution in [-0.4, -0.2) is 43.0 Å². The molecule has 166 valence electrons. The summed E-state index contributed by atoms with van der Waals surface area (Å²) in [6, 6.07) is 3.72. The van der Waals surface area contributed by atoms with Crippen molar-refractivity contribution in [3.05, 3.63) is 35.2 Å². The number of benzene rings is 1. The second kappa shape index (κ2) is 9.76. The number of rotatable bonds is 8. The van der Waals surface area contributed by atoms with Crippen LogP contribution in [0.1, 0.15) is 60.6 Å². The number of ketones is 1. The van der Waals surface area contributed by atoms with Gasteiger partial charge in [-0.1, -0.05) is 13.8 Å². The number of nitrogens with one attached hydrogen (secondary N) is 1. The average molecular weight is 428 g/mol. The zero-order valence-electron chi connectivity index (χ0n) is 18.7. The lowest BCUT2D eigenvalue weighted by Crippen LogP contribution is -2.25. The van der Waals surface area contributed by atoms with E-state index in [1.807, 2.05) is 26.0 Å². The summed E-state index contributed by atoms with van der Waals surface area (Å²) in [6.07, 6.45) is 3.87. The molecule has 0 radical (unpaired) electrons. The van der Waals surface area contributed by atoms with Gasteiger partial charge >= 0.3 is 0 Å². The highest BCUT2D eigenvalue weighted by Crippen LogP contribution is 2.42. The smallest absolute Gasteiger partial charge is 0.229 e. The van der Waals surface area contributed by atoms with Gasteiger partial charge in [0.15, 0.2) is 17.3 Å². The number of anilines is 1. The van der Waals surface area contributed by atoms with Gasteiger partial charge in [0.1, 0.15) is 0 Å². The molecule has 1 atom stereocenters. The van der Waals surface area contributed by atoms with Crippen LogP contribution < -0.4 is 19.5 Å². The molecule has 0 aliphatic heterocycles. The Morgan fingerprint density at radius 2 is 1.74 bits per heavy atom. The number of aromatic nitrogens is 2. The Morgan fingerprint density at radius 3 is 2.29 bits per heavy atom. The van der Waals surface area contributed by atoms with Gasteiger partial charge < -0.3 is 14.2 Å². The Bertz CT molecular complexity index is 947. The molecular weight excluding hydrogens is 398 g/mol. The maximum Gasteiger partial charge on any atom is 0.229 e. The van der Waals surface area contributed by atoms with Crippen molar-refractivity contribution in [3.63, 3.8) is 0 Å². The van der Waals surface area contributed by atoms with Gasteiger partial charge in [-0.3, -0.25) is 14.9 Å². The maximum atomic E-state index is 12.8. The van der Waals surface area contributed by atoms with Crippen LogP contribution >= 0.6 is 0 Å². The van der Waals surface area contributed by atoms with Crippen molar-refractivity contribution < 1.29 is 23.8 Å². The molecule has 1 amide bonds. The standard InChI is InChI=1S/C23H29N3O5/c1-6-13(7-2)22(28)26-23-24-12-16-17(25-23)8-14(9-18(16)27)15-10-19(29-3)21(31-5)20(11-15)30-4/h10-14H,6-9H2,1-5H3,(H,24,25,26,28). The third-order valence-corrected chi connectivity index (χ3v) is 5.79. The summed E-state index contributed by atoms with van der Waals surface area (Å²) in [7, 11) is 4.67. The molecule has 1 heterocycles. The number of methoxy groups -OCH3 is 3. The quantitative estimate of drug-likeness (QED) is 0.684. The van der Waals surface area contributed by atoms with Crippen molar-refractivity contribution >= 4 is 17.6 Å². The van der Waals surface area contributed by atoms with Crippen molar-refractivity contribution in [3.8, 4) is 17.2 Å². The van der Waals surface area contributed by atoms with E-state index < -0.39 is 0 Å². The minimum atomic E-state index is -0.105. The first kappa shape index (κ1) is 22.5. The minimum Gasteiger partial charge on any atom is -0.493 e. The molecule has 3 rings (SSSR count). The number of hydrogen-bond donors (Lipinski definition) is 1. The number of hydrogen-bond acceptors (Lipinski definition) is 7. The first-order valence-corrected chi connectivity index (χ1v) is 10.4. The molecule has 0 saturated heterocycles. The monoisotopic (exact) mass is 427 g/mol. The lowest BCUT2D eigenvalue weighted by Gasteiger charge is -2.25. The van der Waals surface area contributed by atoms with E-state index >= 15 is 0 Å². The van der Waals surface area contributed by atoms with Crippen LogP contribution in [0.15, 0.2) is 18.3 Å². The van der Waals surface area contributed by atoms with Crippen molar-refractivity contribution in [2.45, 2.75) is 45.4 Å². The Balaban J connectivity index is 1.90. The summed E-state index contributed by atoms with van der Waals surface area (Å²) in [6.45, 7) is 3.95. The predicted molar refractivity (Wildman–Crippen MR) is 116 cm³/mol. The molecule has 0 spiro atoms. The molecule has 8 heteroatoms. The number of ether oxygens (including phenoxy) is 3. The lowest BCUT2D eigenvalue weighted by molar-refractivity contribution is -0.120. The fourth-order valence-corrected chi connectivity index (χ4v) is 3.95. The van der Waals surface area contributed by atoms with Crippen LogP contribution in [0.2, 0.25) is 0 Å². The fraction of sp³-hybridized carbons (Fsp3) is 0.478. The molecule has 1 aliphatic carbocycles. The molecular formula is C23H29N3O5. The largest absolute Gasteiger partial charge is 0.493 e. The second-order valence-electron chi connectivity index (χ2n) is 7.54. The summed E-state index contributed by atoms with van der Waals surface area (Å²) >= 11 is 0. The van der Waals surface area contributed by atoms with E-state index in [-0.39, 0.29) is 29.5 Å². The second-order valence-corrected chi connectivity index (χ2v) is 7.54. The van der Waals surface area contributed by atoms with Crippen LogP contribution in [-0.2, 0) is 11.2 Å². The highest BCUT2D eigenvalue weighted by Gasteiger charge is 2.30. The van der Waals surface area contributed by atoms with Gasteiger partial charge in [-0.25, -0.2) is 9.97 Å². The van der Waals surface area contributed by atoms with Crippen molar-refractivity contribution in [2.75, 3.05) is 26.6 Å². The van der Waals surface area contributed by atoms with Crippen molar-refractivity contribution in [1.82, 2.24) is 9.97 Å². The molecule has 1 aromatic carbocycles. The number of amides is 1. The van der Waals surface area contributed by atoms with E-state index in [4.69, 9.17) is 14.2 Å². The van der Waals surface area contributed by atoms with Crippen LogP contribution in [0.3, 0.4) is 0 Å². The average Bonchev–Trinajstić information content (AvgIpc) is 2.78. The summed E-state index contributed by atoms with van der Waals surface area (Å²) in [5, 5.41) is 2.79. The fourth-order valence-electron chi connectivity index (χ4n) is 3.95. The molecule has 0 bridgehead atoms. The Kier molecular flexibility index (Phi) is 7.09. The van der Waals surface area contributed by atoms with Gasteiger partial charge in [0, 0.05) is 18.5 Å². The number of Topliss-reactive ketones (excluding diaryl/α,β-unsaturated/α-hetero) is 1. The van der Waals surface area contributed by atoms with Crippen LogP contribution in [0.25, 0.3) is 0 Å². The summed E-state index contributed by atoms with van der Waals surface area (Å²) in [5.74, 6) is 1.48. The van der Waals surface area contributed by atoms with Crippen LogP contribution in [0.4, 0.5) is 5.95 Å². The van der Waals surface area contributed by atoms with E-state index in [2.05, 4.69) is 15.3 Å². The summed E-state index contributed by atoms with van der Waals surface area (Å²) in [5.41, 5.74) is 2.03. The molecule has 0 fully saturated rings. The minimum absolute atomic E-state index is 0.0297. The Hall–Kier alpha value is -3.16. The van der Waals surface area contributed by atoms with E-state index in [0.717, 1.165) is 18.4 Å². The zero-order valence-corrected chi connectivity index (χ0v) is 18.7. The number of carbonyl (C=O) groups is 2. The summed E-state index contributed by atoms with van der Waals surface area (Å²) in [4.78, 5) is 33.9.